The number of hydrogen-bond donors (Lipinski definition) is 0. The monoisotopic (exact) mass is 503 g/mol. The van der Waals surface area contributed by atoms with Gasteiger partial charge in [0.1, 0.15) is 0 Å². The van der Waals surface area contributed by atoms with E-state index >= 15 is 0 Å². The molecule has 0 saturated carbocycles. The minimum Gasteiger partial charge on any atom is -0.373 e. The van der Waals surface area contributed by atoms with E-state index < -0.39 is 0 Å². The Morgan fingerprint density at radius 3 is 1.28 bits per heavy atom. The topological polar surface area (TPSA) is 3.24 Å². The van der Waals surface area contributed by atoms with E-state index in [4.69, 9.17) is 11.6 Å². The third-order valence-electron chi connectivity index (χ3n) is 6.68. The van der Waals surface area contributed by atoms with Crippen LogP contribution in [0.1, 0.15) is 122 Å². The molecule has 1 aliphatic carbocycles. The van der Waals surface area contributed by atoms with Crippen molar-refractivity contribution in [3.63, 3.8) is 0 Å². The molecule has 0 aliphatic heterocycles. The smallest absolute Gasteiger partial charge is 0.0372 e. The van der Waals surface area contributed by atoms with Gasteiger partial charge < -0.3 is 4.90 Å². The van der Waals surface area contributed by atoms with Crippen LogP contribution in [-0.4, -0.2) is 50.9 Å². The Bertz CT molecular complexity index is 535. The summed E-state index contributed by atoms with van der Waals surface area (Å²) >= 11 is 6.99. The van der Waals surface area contributed by atoms with Gasteiger partial charge in [0.05, 0.1) is 0 Å². The molecule has 0 atom stereocenters. The molecule has 0 bridgehead atoms. The number of rotatable bonds is 7. The fourth-order valence-corrected chi connectivity index (χ4v) is 13.7. The summed E-state index contributed by atoms with van der Waals surface area (Å²) in [5.74, 6) is 0. The highest BCUT2D eigenvalue weighted by Crippen LogP contribution is 2.60. The molecular formula is C28H56ClNP2. The van der Waals surface area contributed by atoms with Crippen LogP contribution in [0.3, 0.4) is 0 Å². The number of allylic oxidation sites excluding steroid dienone is 2. The van der Waals surface area contributed by atoms with Gasteiger partial charge in [-0.05, 0) is 58.6 Å². The zero-order valence-electron chi connectivity index (χ0n) is 23.8. The average molecular weight is 504 g/mol. The normalized spacial score (nSPS) is 17.7. The van der Waals surface area contributed by atoms with Gasteiger partial charge in [-0.3, -0.25) is 0 Å². The van der Waals surface area contributed by atoms with E-state index in [2.05, 4.69) is 88.0 Å². The van der Waals surface area contributed by atoms with Crippen LogP contribution in [0.2, 0.25) is 0 Å². The Labute approximate surface area is 210 Å². The molecular weight excluding hydrogens is 448 g/mol. The fraction of sp³-hybridized carbons (Fsp3) is 0.929. The number of hydrogen-bond acceptors (Lipinski definition) is 1. The summed E-state index contributed by atoms with van der Waals surface area (Å²) in [5, 5.41) is 2.67. The van der Waals surface area contributed by atoms with Crippen molar-refractivity contribution < 1.29 is 0 Å². The van der Waals surface area contributed by atoms with Crippen LogP contribution >= 0.6 is 27.4 Å². The van der Waals surface area contributed by atoms with Crippen molar-refractivity contribution in [2.45, 2.75) is 142 Å². The van der Waals surface area contributed by atoms with Crippen LogP contribution in [0.5, 0.6) is 0 Å². The van der Waals surface area contributed by atoms with Crippen LogP contribution in [0.15, 0.2) is 10.7 Å². The van der Waals surface area contributed by atoms with Gasteiger partial charge in [0.15, 0.2) is 0 Å². The summed E-state index contributed by atoms with van der Waals surface area (Å²) in [6.45, 7) is 31.8. The predicted molar refractivity (Wildman–Crippen MR) is 155 cm³/mol. The zero-order valence-corrected chi connectivity index (χ0v) is 26.3. The Balaban J connectivity index is 3.19. The highest BCUT2D eigenvalue weighted by Gasteiger charge is 2.36. The summed E-state index contributed by atoms with van der Waals surface area (Å²) in [6, 6.07) is 0. The quantitative estimate of drug-likeness (QED) is 0.312. The van der Waals surface area contributed by atoms with Crippen LogP contribution in [0.25, 0.3) is 0 Å². The van der Waals surface area contributed by atoms with E-state index in [1.165, 1.54) is 63.2 Å². The van der Waals surface area contributed by atoms with Gasteiger partial charge in [-0.1, -0.05) is 123 Å². The van der Waals surface area contributed by atoms with Crippen molar-refractivity contribution in [3.8, 4) is 0 Å². The Morgan fingerprint density at radius 2 is 0.938 bits per heavy atom. The molecule has 0 aromatic rings. The second-order valence-electron chi connectivity index (χ2n) is 13.7. The van der Waals surface area contributed by atoms with Crippen LogP contribution in [0, 0.1) is 0 Å². The highest BCUT2D eigenvalue weighted by molar-refractivity contribution is 7.61. The molecule has 1 nitrogen and oxygen atoms in total. The first-order valence-corrected chi connectivity index (χ1v) is 16.5. The van der Waals surface area contributed by atoms with Gasteiger partial charge in [-0.15, -0.1) is 0 Å². The van der Waals surface area contributed by atoms with Gasteiger partial charge in [-0.25, -0.2) is 0 Å². The third kappa shape index (κ3) is 10.1. The number of nitrogens with zero attached hydrogens (tertiary/aromatic N) is 1. The first-order valence-electron chi connectivity index (χ1n) is 13.0. The average Bonchev–Trinajstić information content (AvgIpc) is 2.53. The van der Waals surface area contributed by atoms with E-state index in [-0.39, 0.29) is 15.8 Å². The molecule has 0 spiro atoms. The molecule has 0 fully saturated rings. The second kappa shape index (κ2) is 12.1. The predicted octanol–water partition coefficient (Wildman–Crippen LogP) is 10.3. The molecule has 4 heteroatoms. The van der Waals surface area contributed by atoms with Crippen molar-refractivity contribution in [1.82, 2.24) is 4.90 Å². The number of halogens is 1. The molecule has 1 aliphatic rings. The van der Waals surface area contributed by atoms with E-state index in [1.807, 2.05) is 0 Å². The summed E-state index contributed by atoms with van der Waals surface area (Å²) in [4.78, 5) is 2.76. The molecule has 1 rings (SSSR count). The van der Waals surface area contributed by atoms with Gasteiger partial charge in [0.2, 0.25) is 0 Å². The summed E-state index contributed by atoms with van der Waals surface area (Å²) in [7, 11) is -0.191. The molecule has 0 aromatic carbocycles. The lowest BCUT2D eigenvalue weighted by Crippen LogP contribution is -2.36. The van der Waals surface area contributed by atoms with Gasteiger partial charge >= 0.3 is 0 Å². The summed E-state index contributed by atoms with van der Waals surface area (Å²) in [6.07, 6.45) is 10.1. The van der Waals surface area contributed by atoms with Gasteiger partial charge in [0.25, 0.3) is 0 Å². The molecule has 0 aromatic heterocycles. The van der Waals surface area contributed by atoms with E-state index in [0.29, 0.717) is 20.6 Å². The Morgan fingerprint density at radius 1 is 0.594 bits per heavy atom. The molecule has 32 heavy (non-hydrogen) atoms. The minimum absolute atomic E-state index is 0.0957. The van der Waals surface area contributed by atoms with Crippen LogP contribution in [0.4, 0.5) is 0 Å². The lowest BCUT2D eigenvalue weighted by Gasteiger charge is -2.45. The summed E-state index contributed by atoms with van der Waals surface area (Å²) in [5.41, 5.74) is 1.49. The largest absolute Gasteiger partial charge is 0.373 e. The standard InChI is InChI=1S/C28H56ClNP2/c1-25(2,3)31(26(4,5)6)21-19-30(24-18-16-14-13-15-17-23(24)29)20-22-32(27(7,8)9)28(10,11)12/h13-22H2,1-12H3. The Kier molecular flexibility index (Phi) is 11.6. The highest BCUT2D eigenvalue weighted by atomic mass is 35.5. The maximum absolute atomic E-state index is 6.99. The molecule has 0 unspecified atom stereocenters. The molecule has 0 amide bonds. The first-order chi connectivity index (χ1) is 14.3. The lowest BCUT2D eigenvalue weighted by molar-refractivity contribution is 0.358. The van der Waals surface area contributed by atoms with Crippen molar-refractivity contribution in [2.75, 3.05) is 25.4 Å². The zero-order chi connectivity index (χ0) is 25.0. The van der Waals surface area contributed by atoms with Gasteiger partial charge in [-0.2, -0.15) is 0 Å². The summed E-state index contributed by atoms with van der Waals surface area (Å²) < 4.78 is 0. The molecule has 0 saturated heterocycles. The Hall–Kier alpha value is 0.690. The van der Waals surface area contributed by atoms with Crippen molar-refractivity contribution in [2.24, 2.45) is 0 Å². The van der Waals surface area contributed by atoms with Crippen LogP contribution in [-0.2, 0) is 0 Å². The van der Waals surface area contributed by atoms with E-state index in [0.717, 1.165) is 11.5 Å². The first kappa shape index (κ1) is 30.7. The third-order valence-corrected chi connectivity index (χ3v) is 14.9. The van der Waals surface area contributed by atoms with Crippen LogP contribution < -0.4 is 0 Å². The molecule has 190 valence electrons. The SMILES string of the molecule is CC(C)(C)P(CCN(CCP(C(C)(C)C)C(C)(C)C)C1=C(Cl)CCCCCC1)C(C)(C)C. The molecule has 0 radical (unpaired) electrons. The maximum Gasteiger partial charge on any atom is 0.0372 e. The van der Waals surface area contributed by atoms with Crippen molar-refractivity contribution in [3.05, 3.63) is 10.7 Å². The van der Waals surface area contributed by atoms with Gasteiger partial charge in [0, 0.05) is 23.8 Å². The van der Waals surface area contributed by atoms with E-state index in [9.17, 15) is 0 Å². The fourth-order valence-electron chi connectivity index (χ4n) is 5.71. The second-order valence-corrected chi connectivity index (χ2v) is 22.2. The van der Waals surface area contributed by atoms with E-state index in [1.54, 1.807) is 0 Å². The van der Waals surface area contributed by atoms with Crippen molar-refractivity contribution in [1.29, 1.82) is 0 Å². The molecule has 0 N–H and O–H groups in total. The minimum atomic E-state index is -0.0957. The lowest BCUT2D eigenvalue weighted by atomic mass is 10.0. The molecule has 0 heterocycles. The van der Waals surface area contributed by atoms with Crippen molar-refractivity contribution >= 4 is 27.4 Å². The maximum atomic E-state index is 6.99.